The molecule has 1 amide bonds. The summed E-state index contributed by atoms with van der Waals surface area (Å²) < 4.78 is 43.9. The third kappa shape index (κ3) is 5.23. The highest BCUT2D eigenvalue weighted by atomic mass is 32.2. The van der Waals surface area contributed by atoms with Crippen LogP contribution in [-0.4, -0.2) is 23.2 Å². The molecule has 0 bridgehead atoms. The Morgan fingerprint density at radius 3 is 2.71 bits per heavy atom. The van der Waals surface area contributed by atoms with Gasteiger partial charge in [0, 0.05) is 11.3 Å². The summed E-state index contributed by atoms with van der Waals surface area (Å²) in [7, 11) is 1.51. The molecule has 3 rings (SSSR count). The lowest BCUT2D eigenvalue weighted by Gasteiger charge is -2.07. The molecule has 0 aliphatic heterocycles. The minimum atomic E-state index is -4.37. The molecule has 10 heteroatoms. The summed E-state index contributed by atoms with van der Waals surface area (Å²) in [6, 6.07) is 11.8. The number of carbonyl (C=O) groups excluding carboxylic acids is 1. The zero-order chi connectivity index (χ0) is 20.1. The van der Waals surface area contributed by atoms with Crippen LogP contribution in [0.3, 0.4) is 0 Å². The first-order valence-corrected chi connectivity index (χ1v) is 9.73. The summed E-state index contributed by atoms with van der Waals surface area (Å²) in [5, 5.41) is 10.8. The minimum absolute atomic E-state index is 0.305. The maximum atomic E-state index is 12.8. The standard InChI is InChI=1S/C18H14F3N3O2S2/c1-26-14-7-3-5-12(9-14)15(25)22-16-23-24-17(28-16)27-10-11-4-2-6-13(8-11)18(19,20)21/h2-9H,10H2,1H3,(H,22,23,25). The fourth-order valence-electron chi connectivity index (χ4n) is 2.23. The monoisotopic (exact) mass is 425 g/mol. The van der Waals surface area contributed by atoms with Crippen LogP contribution < -0.4 is 10.1 Å². The molecule has 1 N–H and O–H groups in total. The summed E-state index contributed by atoms with van der Waals surface area (Å²) in [6.07, 6.45) is -4.37. The van der Waals surface area contributed by atoms with E-state index in [-0.39, 0.29) is 5.91 Å². The van der Waals surface area contributed by atoms with Crippen LogP contribution in [0.5, 0.6) is 5.75 Å². The van der Waals surface area contributed by atoms with Gasteiger partial charge in [-0.3, -0.25) is 10.1 Å². The Balaban J connectivity index is 1.61. The average Bonchev–Trinajstić information content (AvgIpc) is 3.13. The molecule has 1 heterocycles. The Morgan fingerprint density at radius 1 is 1.18 bits per heavy atom. The summed E-state index contributed by atoms with van der Waals surface area (Å²) >= 11 is 2.40. The van der Waals surface area contributed by atoms with E-state index in [2.05, 4.69) is 15.5 Å². The Bertz CT molecular complexity index is 976. The van der Waals surface area contributed by atoms with Crippen LogP contribution in [0.2, 0.25) is 0 Å². The number of carbonyl (C=O) groups is 1. The van der Waals surface area contributed by atoms with E-state index >= 15 is 0 Å². The van der Waals surface area contributed by atoms with Crippen LogP contribution in [0, 0.1) is 0 Å². The van der Waals surface area contributed by atoms with E-state index < -0.39 is 11.7 Å². The molecule has 0 unspecified atom stereocenters. The molecular formula is C18H14F3N3O2S2. The van der Waals surface area contributed by atoms with Crippen molar-refractivity contribution in [2.75, 3.05) is 12.4 Å². The number of benzene rings is 2. The van der Waals surface area contributed by atoms with Crippen molar-refractivity contribution < 1.29 is 22.7 Å². The van der Waals surface area contributed by atoms with E-state index in [4.69, 9.17) is 4.74 Å². The molecule has 0 fully saturated rings. The van der Waals surface area contributed by atoms with Gasteiger partial charge in [-0.15, -0.1) is 10.2 Å². The van der Waals surface area contributed by atoms with Gasteiger partial charge in [0.25, 0.3) is 5.91 Å². The Hall–Kier alpha value is -2.59. The second kappa shape index (κ2) is 8.61. The largest absolute Gasteiger partial charge is 0.497 e. The maximum absolute atomic E-state index is 12.8. The Kier molecular flexibility index (Phi) is 6.20. The molecule has 1 aromatic heterocycles. The van der Waals surface area contributed by atoms with Crippen molar-refractivity contribution in [1.29, 1.82) is 0 Å². The zero-order valence-electron chi connectivity index (χ0n) is 14.5. The second-order valence-electron chi connectivity index (χ2n) is 5.55. The molecule has 28 heavy (non-hydrogen) atoms. The molecule has 3 aromatic rings. The molecule has 0 saturated carbocycles. The van der Waals surface area contributed by atoms with Crippen molar-refractivity contribution in [1.82, 2.24) is 10.2 Å². The molecule has 0 radical (unpaired) electrons. The van der Waals surface area contributed by atoms with Gasteiger partial charge in [0.1, 0.15) is 5.75 Å². The van der Waals surface area contributed by atoms with Crippen molar-refractivity contribution in [2.24, 2.45) is 0 Å². The SMILES string of the molecule is COc1cccc(C(=O)Nc2nnc(SCc3cccc(C(F)(F)F)c3)s2)c1. The number of hydrogen-bond donors (Lipinski definition) is 1. The highest BCUT2D eigenvalue weighted by molar-refractivity contribution is 8.00. The molecule has 5 nitrogen and oxygen atoms in total. The highest BCUT2D eigenvalue weighted by Crippen LogP contribution is 2.32. The van der Waals surface area contributed by atoms with Crippen molar-refractivity contribution >= 4 is 34.1 Å². The first-order valence-electron chi connectivity index (χ1n) is 7.93. The summed E-state index contributed by atoms with van der Waals surface area (Å²) in [6.45, 7) is 0. The molecule has 0 spiro atoms. The minimum Gasteiger partial charge on any atom is -0.497 e. The smallest absolute Gasteiger partial charge is 0.416 e. The number of nitrogens with one attached hydrogen (secondary N) is 1. The first kappa shape index (κ1) is 20.2. The van der Waals surface area contributed by atoms with Crippen LogP contribution in [0.15, 0.2) is 52.9 Å². The molecule has 0 atom stereocenters. The van der Waals surface area contributed by atoms with Crippen LogP contribution in [0.1, 0.15) is 21.5 Å². The third-order valence-corrected chi connectivity index (χ3v) is 5.62. The number of nitrogens with zero attached hydrogens (tertiary/aromatic N) is 2. The third-order valence-electron chi connectivity index (χ3n) is 3.58. The van der Waals surface area contributed by atoms with Gasteiger partial charge in [0.05, 0.1) is 12.7 Å². The number of ether oxygens (including phenoxy) is 1. The molecule has 0 aliphatic carbocycles. The van der Waals surface area contributed by atoms with E-state index in [0.29, 0.717) is 32.1 Å². The van der Waals surface area contributed by atoms with Crippen molar-refractivity contribution in [3.05, 3.63) is 65.2 Å². The fraction of sp³-hybridized carbons (Fsp3) is 0.167. The number of anilines is 1. The van der Waals surface area contributed by atoms with Gasteiger partial charge in [-0.05, 0) is 29.8 Å². The van der Waals surface area contributed by atoms with Crippen molar-refractivity contribution in [2.45, 2.75) is 16.3 Å². The van der Waals surface area contributed by atoms with E-state index in [9.17, 15) is 18.0 Å². The lowest BCUT2D eigenvalue weighted by Crippen LogP contribution is -2.11. The second-order valence-corrected chi connectivity index (χ2v) is 7.75. The van der Waals surface area contributed by atoms with Crippen LogP contribution in [0.25, 0.3) is 0 Å². The Labute approximate surface area is 166 Å². The van der Waals surface area contributed by atoms with E-state index in [1.807, 2.05) is 0 Å². The number of amides is 1. The molecule has 146 valence electrons. The lowest BCUT2D eigenvalue weighted by atomic mass is 10.1. The summed E-state index contributed by atoms with van der Waals surface area (Å²) in [4.78, 5) is 12.3. The van der Waals surface area contributed by atoms with E-state index in [1.165, 1.54) is 24.9 Å². The number of rotatable bonds is 6. The molecular weight excluding hydrogens is 411 g/mol. The number of alkyl halides is 3. The summed E-state index contributed by atoms with van der Waals surface area (Å²) in [5.74, 6) is 0.509. The van der Waals surface area contributed by atoms with Gasteiger partial charge in [-0.1, -0.05) is 47.4 Å². The average molecular weight is 425 g/mol. The van der Waals surface area contributed by atoms with E-state index in [1.54, 1.807) is 30.3 Å². The number of methoxy groups -OCH3 is 1. The normalized spacial score (nSPS) is 11.3. The zero-order valence-corrected chi connectivity index (χ0v) is 16.1. The molecule has 0 saturated heterocycles. The number of halogens is 3. The van der Waals surface area contributed by atoms with Gasteiger partial charge >= 0.3 is 6.18 Å². The molecule has 0 aliphatic rings. The predicted octanol–water partition coefficient (Wildman–Crippen LogP) is 5.11. The van der Waals surface area contributed by atoms with Crippen LogP contribution in [0.4, 0.5) is 18.3 Å². The van der Waals surface area contributed by atoms with Gasteiger partial charge < -0.3 is 4.74 Å². The van der Waals surface area contributed by atoms with Crippen LogP contribution >= 0.6 is 23.1 Å². The number of thioether (sulfide) groups is 1. The van der Waals surface area contributed by atoms with Crippen molar-refractivity contribution in [3.63, 3.8) is 0 Å². The maximum Gasteiger partial charge on any atom is 0.416 e. The Morgan fingerprint density at radius 2 is 1.96 bits per heavy atom. The highest BCUT2D eigenvalue weighted by Gasteiger charge is 2.30. The van der Waals surface area contributed by atoms with Gasteiger partial charge in [-0.2, -0.15) is 13.2 Å². The lowest BCUT2D eigenvalue weighted by molar-refractivity contribution is -0.137. The van der Waals surface area contributed by atoms with Gasteiger partial charge in [0.2, 0.25) is 5.13 Å². The first-order chi connectivity index (χ1) is 13.3. The van der Waals surface area contributed by atoms with Crippen molar-refractivity contribution in [3.8, 4) is 5.75 Å². The van der Waals surface area contributed by atoms with Gasteiger partial charge in [-0.25, -0.2) is 0 Å². The molecule has 2 aromatic carbocycles. The number of hydrogen-bond acceptors (Lipinski definition) is 6. The predicted molar refractivity (Wildman–Crippen MR) is 102 cm³/mol. The van der Waals surface area contributed by atoms with Crippen LogP contribution in [-0.2, 0) is 11.9 Å². The topological polar surface area (TPSA) is 64.1 Å². The fourth-order valence-corrected chi connectivity index (χ4v) is 3.92. The summed E-state index contributed by atoms with van der Waals surface area (Å²) in [5.41, 5.74) is 0.249. The number of aromatic nitrogens is 2. The van der Waals surface area contributed by atoms with E-state index in [0.717, 1.165) is 23.5 Å². The van der Waals surface area contributed by atoms with Gasteiger partial charge in [0.15, 0.2) is 4.34 Å². The quantitative estimate of drug-likeness (QED) is 0.439.